The molecule has 2 atom stereocenters. The second kappa shape index (κ2) is 4.58. The van der Waals surface area contributed by atoms with E-state index in [0.717, 1.165) is 14.2 Å². The van der Waals surface area contributed by atoms with Crippen LogP contribution in [0.15, 0.2) is 0 Å². The van der Waals surface area contributed by atoms with E-state index in [0.29, 0.717) is 0 Å². The molecule has 7 heteroatoms. The van der Waals surface area contributed by atoms with E-state index in [1.165, 1.54) is 6.29 Å². The molecule has 0 aromatic carbocycles. The summed E-state index contributed by atoms with van der Waals surface area (Å²) in [6.45, 7) is 0. The Morgan fingerprint density at radius 1 is 1.54 bits per heavy atom. The van der Waals surface area contributed by atoms with E-state index in [4.69, 9.17) is 0 Å². The molecule has 73 valence electrons. The van der Waals surface area contributed by atoms with Gasteiger partial charge in [-0.3, -0.25) is 8.96 Å². The molecule has 0 saturated heterocycles. The first-order chi connectivity index (χ1) is 5.52. The summed E-state index contributed by atoms with van der Waals surface area (Å²) >= 11 is 0. The third kappa shape index (κ3) is 2.45. The molecule has 0 amide bonds. The van der Waals surface area contributed by atoms with Crippen molar-refractivity contribution in [2.24, 2.45) is 0 Å². The van der Waals surface area contributed by atoms with Crippen LogP contribution in [0.5, 0.6) is 0 Å². The van der Waals surface area contributed by atoms with Gasteiger partial charge in [-0.15, -0.1) is 0 Å². The van der Waals surface area contributed by atoms with E-state index < -0.39 is 18.9 Å². The average Bonchev–Trinajstić information content (AvgIpc) is 2.78. The van der Waals surface area contributed by atoms with Crippen molar-refractivity contribution in [3.8, 4) is 0 Å². The first-order valence-corrected chi connectivity index (χ1v) is 4.93. The van der Waals surface area contributed by atoms with Gasteiger partial charge in [-0.2, -0.15) is 0 Å². The van der Waals surface area contributed by atoms with Crippen LogP contribution >= 0.6 is 7.60 Å². The third-order valence-corrected chi connectivity index (χ3v) is 4.29. The fraction of sp³-hybridized carbons (Fsp3) is 0.833. The Kier molecular flexibility index (Phi) is 4.88. The monoisotopic (exact) mass is 284 g/mol. The van der Waals surface area contributed by atoms with Crippen molar-refractivity contribution in [2.75, 3.05) is 14.2 Å². The van der Waals surface area contributed by atoms with Gasteiger partial charge < -0.3 is 13.8 Å². The van der Waals surface area contributed by atoms with E-state index in [1.807, 2.05) is 0 Å². The van der Waals surface area contributed by atoms with Crippen molar-refractivity contribution in [1.29, 1.82) is 0 Å². The summed E-state index contributed by atoms with van der Waals surface area (Å²) < 4.78 is 33.5. The van der Waals surface area contributed by atoms with Crippen molar-refractivity contribution in [3.63, 3.8) is 0 Å². The number of hydrogen-bond donors (Lipinski definition) is 0. The van der Waals surface area contributed by atoms with E-state index in [9.17, 15) is 13.8 Å². The van der Waals surface area contributed by atoms with Crippen molar-refractivity contribution >= 4 is 13.9 Å². The van der Waals surface area contributed by atoms with Crippen molar-refractivity contribution in [1.82, 2.24) is 0 Å². The first kappa shape index (κ1) is 13.9. The van der Waals surface area contributed by atoms with E-state index in [2.05, 4.69) is 9.05 Å². The molecular weight excluding hydrogens is 275 g/mol. The van der Waals surface area contributed by atoms with E-state index in [1.54, 1.807) is 0 Å². The fourth-order valence-corrected chi connectivity index (χ4v) is 2.72. The van der Waals surface area contributed by atoms with Crippen LogP contribution < -0.4 is 0 Å². The topological polar surface area (TPSA) is 52.6 Å². The molecule has 1 radical (unpaired) electrons. The zero-order valence-corrected chi connectivity index (χ0v) is 11.1. The van der Waals surface area contributed by atoms with Gasteiger partial charge in [-0.1, -0.05) is 0 Å². The maximum absolute atomic E-state index is 13.0. The van der Waals surface area contributed by atoms with Crippen LogP contribution in [-0.2, 0) is 51.1 Å². The molecule has 0 bridgehead atoms. The first-order valence-electron chi connectivity index (χ1n) is 3.32. The van der Waals surface area contributed by atoms with E-state index >= 15 is 0 Å². The number of rotatable bonds is 4. The van der Waals surface area contributed by atoms with Gasteiger partial charge >= 0.3 is 7.60 Å². The molecule has 0 spiro atoms. The van der Waals surface area contributed by atoms with Gasteiger partial charge in [0.25, 0.3) is 0 Å². The number of halogens is 1. The molecule has 4 nitrogen and oxygen atoms in total. The minimum atomic E-state index is -3.42. The van der Waals surface area contributed by atoms with Crippen molar-refractivity contribution in [3.05, 3.63) is 0 Å². The molecule has 0 aromatic rings. The molecule has 0 heterocycles. The molecule has 0 aliphatic heterocycles. The minimum Gasteiger partial charge on any atom is -0.539 e. The fourth-order valence-electron chi connectivity index (χ4n) is 1.02. The summed E-state index contributed by atoms with van der Waals surface area (Å²) in [5, 5.41) is 0. The number of hydrogen-bond acceptors (Lipinski definition) is 4. The van der Waals surface area contributed by atoms with Crippen LogP contribution in [0.25, 0.3) is 0 Å². The summed E-state index contributed by atoms with van der Waals surface area (Å²) in [4.78, 5) is 10.0. The molecule has 1 saturated carbocycles. The maximum atomic E-state index is 13.0. The van der Waals surface area contributed by atoms with Crippen LogP contribution in [0.3, 0.4) is 0 Å². The Morgan fingerprint density at radius 2 is 2.00 bits per heavy atom. The van der Waals surface area contributed by atoms with Crippen molar-refractivity contribution < 1.29 is 55.5 Å². The third-order valence-electron chi connectivity index (χ3n) is 1.92. The molecule has 1 fully saturated rings. The largest absolute Gasteiger partial charge is 0.539 e. The molecule has 1 rings (SSSR count). The van der Waals surface area contributed by atoms with Gasteiger partial charge in [-0.25, -0.2) is 6.29 Å². The Labute approximate surface area is 101 Å². The van der Waals surface area contributed by atoms with Gasteiger partial charge in [0.1, 0.15) is 0 Å². The number of alkyl halides is 1. The van der Waals surface area contributed by atoms with Gasteiger partial charge in [0.2, 0.25) is 0 Å². The molecular formula is C6H9FO4PY-. The summed E-state index contributed by atoms with van der Waals surface area (Å²) in [6.07, 6.45) is 1.06. The predicted molar refractivity (Wildman–Crippen MR) is 39.6 cm³/mol. The van der Waals surface area contributed by atoms with Crippen LogP contribution in [0.2, 0.25) is 0 Å². The molecule has 1 aliphatic carbocycles. The molecule has 13 heavy (non-hydrogen) atoms. The normalized spacial score (nSPS) is 32.1. The summed E-state index contributed by atoms with van der Waals surface area (Å²) in [5.41, 5.74) is -3.10. The zero-order chi connectivity index (χ0) is 9.41. The van der Waals surface area contributed by atoms with Gasteiger partial charge in [0, 0.05) is 52.6 Å². The van der Waals surface area contributed by atoms with Gasteiger partial charge in [-0.05, 0) is 6.42 Å². The number of carbonyl (C=O) groups excluding carboxylic acids is 1. The Bertz CT molecular complexity index is 241. The molecule has 1 aliphatic rings. The quantitative estimate of drug-likeness (QED) is 0.572. The Balaban J connectivity index is 0.00000144. The Hall–Kier alpha value is 0.854. The van der Waals surface area contributed by atoms with Gasteiger partial charge in [0.05, 0.1) is 5.66 Å². The predicted octanol–water partition coefficient (Wildman–Crippen LogP) is 1.06. The van der Waals surface area contributed by atoms with Crippen LogP contribution in [-0.4, -0.2) is 31.8 Å². The van der Waals surface area contributed by atoms with Crippen LogP contribution in [0, 0.1) is 0 Å². The summed E-state index contributed by atoms with van der Waals surface area (Å²) in [7, 11) is -1.10. The van der Waals surface area contributed by atoms with Crippen molar-refractivity contribution in [2.45, 2.75) is 17.7 Å². The van der Waals surface area contributed by atoms with Gasteiger partial charge in [0.15, 0.2) is 0 Å². The molecule has 0 unspecified atom stereocenters. The maximum Gasteiger partial charge on any atom is 0.333 e. The van der Waals surface area contributed by atoms with Crippen LogP contribution in [0.1, 0.15) is 6.42 Å². The molecule has 0 aromatic heterocycles. The zero-order valence-electron chi connectivity index (χ0n) is 7.32. The summed E-state index contributed by atoms with van der Waals surface area (Å²) in [6, 6.07) is 0. The van der Waals surface area contributed by atoms with E-state index in [-0.39, 0.29) is 39.1 Å². The smallest absolute Gasteiger partial charge is 0.333 e. The average molecular weight is 284 g/mol. The second-order valence-electron chi connectivity index (χ2n) is 2.59. The minimum absolute atomic E-state index is 0. The second-order valence-corrected chi connectivity index (χ2v) is 5.02. The molecule has 0 N–H and O–H groups in total. The Morgan fingerprint density at radius 3 is 2.23 bits per heavy atom. The van der Waals surface area contributed by atoms with Crippen LogP contribution in [0.4, 0.5) is 4.39 Å². The standard InChI is InChI=1S/C6H9FO4P.Y/c1-10-12(9,11-2)5-3-6(5,7)4-8;/h5H,3H2,1-2H3;/q-1;/t5-,6-;/m1./s1. The summed E-state index contributed by atoms with van der Waals surface area (Å²) in [5.74, 6) is 0. The SMILES string of the molecule is COP(=O)(OC)[C@@H]1C[C@@]1(F)[C-]=O.[Y].